The molecule has 0 saturated carbocycles. The molecule has 0 aliphatic heterocycles. The van der Waals surface area contributed by atoms with Gasteiger partial charge in [-0.15, -0.1) is 22.7 Å². The molecular formula is C21H21N3OS2. The summed E-state index contributed by atoms with van der Waals surface area (Å²) >= 11 is 3.43. The van der Waals surface area contributed by atoms with E-state index >= 15 is 0 Å². The first-order chi connectivity index (χ1) is 13.2. The minimum absolute atomic E-state index is 0.670. The molecule has 0 amide bonds. The third kappa shape index (κ3) is 4.12. The van der Waals surface area contributed by atoms with Crippen molar-refractivity contribution in [3.63, 3.8) is 0 Å². The van der Waals surface area contributed by atoms with Gasteiger partial charge in [-0.1, -0.05) is 0 Å². The fraction of sp³-hybridized carbons (Fsp3) is 0.238. The lowest BCUT2D eigenvalue weighted by Crippen LogP contribution is -2.07. The molecule has 0 unspecified atom stereocenters. The van der Waals surface area contributed by atoms with Gasteiger partial charge in [-0.25, -0.2) is 9.97 Å². The second-order valence-electron chi connectivity index (χ2n) is 6.28. The maximum atomic E-state index is 5.54. The normalized spacial score (nSPS) is 11.0. The summed E-state index contributed by atoms with van der Waals surface area (Å²) in [4.78, 5) is 9.84. The lowest BCUT2D eigenvalue weighted by atomic mass is 10.0. The van der Waals surface area contributed by atoms with Gasteiger partial charge in [0.1, 0.15) is 17.9 Å². The molecule has 0 saturated heterocycles. The van der Waals surface area contributed by atoms with Crippen LogP contribution in [0.25, 0.3) is 20.7 Å². The van der Waals surface area contributed by atoms with E-state index in [9.17, 15) is 0 Å². The monoisotopic (exact) mass is 395 g/mol. The fourth-order valence-electron chi connectivity index (χ4n) is 3.04. The quantitative estimate of drug-likeness (QED) is 0.431. The van der Waals surface area contributed by atoms with Gasteiger partial charge in [0.15, 0.2) is 0 Å². The van der Waals surface area contributed by atoms with Crippen LogP contribution < -0.4 is 10.1 Å². The Labute approximate surface area is 166 Å². The topological polar surface area (TPSA) is 47.0 Å². The van der Waals surface area contributed by atoms with E-state index in [0.717, 1.165) is 35.1 Å². The molecule has 3 aromatic heterocycles. The van der Waals surface area contributed by atoms with Crippen LogP contribution in [0.3, 0.4) is 0 Å². The Morgan fingerprint density at radius 1 is 1.11 bits per heavy atom. The molecule has 0 aliphatic carbocycles. The van der Waals surface area contributed by atoms with Gasteiger partial charge in [-0.2, -0.15) is 0 Å². The van der Waals surface area contributed by atoms with Gasteiger partial charge in [0.25, 0.3) is 0 Å². The Bertz CT molecular complexity index is 1050. The zero-order chi connectivity index (χ0) is 18.6. The number of nitrogens with one attached hydrogen (secondary N) is 1. The van der Waals surface area contributed by atoms with Crippen molar-refractivity contribution in [1.29, 1.82) is 0 Å². The van der Waals surface area contributed by atoms with Gasteiger partial charge in [0, 0.05) is 28.8 Å². The number of hydrogen-bond acceptors (Lipinski definition) is 6. The number of anilines is 1. The zero-order valence-corrected chi connectivity index (χ0v) is 17.0. The van der Waals surface area contributed by atoms with E-state index < -0.39 is 0 Å². The molecule has 0 fully saturated rings. The summed E-state index contributed by atoms with van der Waals surface area (Å²) in [5, 5.41) is 8.92. The maximum absolute atomic E-state index is 5.54. The van der Waals surface area contributed by atoms with Crippen LogP contribution in [0, 0.1) is 6.92 Å². The molecule has 4 aromatic rings. The number of thiophene rings is 2. The smallest absolute Gasteiger partial charge is 0.130 e. The molecule has 138 valence electrons. The predicted octanol–water partition coefficient (Wildman–Crippen LogP) is 5.78. The van der Waals surface area contributed by atoms with E-state index in [1.54, 1.807) is 29.0 Å². The summed E-state index contributed by atoms with van der Waals surface area (Å²) in [6.45, 7) is 5.68. The minimum Gasteiger partial charge on any atom is -0.493 e. The van der Waals surface area contributed by atoms with Crippen molar-refractivity contribution in [3.8, 4) is 16.3 Å². The van der Waals surface area contributed by atoms with Crippen molar-refractivity contribution in [1.82, 2.24) is 9.97 Å². The maximum Gasteiger partial charge on any atom is 0.130 e. The first-order valence-corrected chi connectivity index (χ1v) is 10.7. The first-order valence-electron chi connectivity index (χ1n) is 8.97. The second-order valence-corrected chi connectivity index (χ2v) is 8.14. The molecule has 0 radical (unpaired) electrons. The third-order valence-electron chi connectivity index (χ3n) is 4.42. The molecule has 27 heavy (non-hydrogen) atoms. The molecule has 0 spiro atoms. The van der Waals surface area contributed by atoms with Crippen LogP contribution in [-0.4, -0.2) is 23.1 Å². The molecule has 4 nitrogen and oxygen atoms in total. The Balaban J connectivity index is 1.42. The van der Waals surface area contributed by atoms with E-state index in [4.69, 9.17) is 4.74 Å². The van der Waals surface area contributed by atoms with Crippen LogP contribution in [0.15, 0.2) is 47.4 Å². The Morgan fingerprint density at radius 2 is 2.04 bits per heavy atom. The Kier molecular flexibility index (Phi) is 5.36. The van der Waals surface area contributed by atoms with Crippen molar-refractivity contribution >= 4 is 38.6 Å². The molecule has 0 aliphatic rings. The van der Waals surface area contributed by atoms with Gasteiger partial charge in [0.2, 0.25) is 0 Å². The fourth-order valence-corrected chi connectivity index (χ4v) is 4.70. The molecule has 6 heteroatoms. The predicted molar refractivity (Wildman–Crippen MR) is 115 cm³/mol. The number of aryl methyl sites for hydroxylation is 1. The van der Waals surface area contributed by atoms with Crippen molar-refractivity contribution in [2.45, 2.75) is 20.3 Å². The summed E-state index contributed by atoms with van der Waals surface area (Å²) in [7, 11) is 0. The van der Waals surface area contributed by atoms with Crippen molar-refractivity contribution in [2.24, 2.45) is 0 Å². The number of hydrogen-bond donors (Lipinski definition) is 1. The number of benzene rings is 1. The van der Waals surface area contributed by atoms with Crippen LogP contribution in [0.1, 0.15) is 18.1 Å². The third-order valence-corrected chi connectivity index (χ3v) is 6.23. The standard InChI is InChI=1S/C21H21N3OS2/c1-3-25-17-10-20(27-12-17)18-11-21(24-13-23-18)22-6-4-15-9-16-5-7-26-19(16)8-14(15)2/h5,7-13H,3-4,6H2,1-2H3,(H,22,23,24). The summed E-state index contributed by atoms with van der Waals surface area (Å²) in [5.74, 6) is 1.74. The Morgan fingerprint density at radius 3 is 2.93 bits per heavy atom. The highest BCUT2D eigenvalue weighted by Crippen LogP contribution is 2.30. The largest absolute Gasteiger partial charge is 0.493 e. The number of aromatic nitrogens is 2. The van der Waals surface area contributed by atoms with Crippen LogP contribution in [0.2, 0.25) is 0 Å². The van der Waals surface area contributed by atoms with E-state index in [0.29, 0.717) is 6.61 Å². The number of fused-ring (bicyclic) bond motifs is 1. The lowest BCUT2D eigenvalue weighted by Gasteiger charge is -2.09. The molecule has 0 atom stereocenters. The van der Waals surface area contributed by atoms with Gasteiger partial charge in [0.05, 0.1) is 17.2 Å². The zero-order valence-electron chi connectivity index (χ0n) is 15.4. The van der Waals surface area contributed by atoms with Gasteiger partial charge >= 0.3 is 0 Å². The van der Waals surface area contributed by atoms with E-state index in [-0.39, 0.29) is 0 Å². The van der Waals surface area contributed by atoms with Crippen LogP contribution in [0.4, 0.5) is 5.82 Å². The summed E-state index contributed by atoms with van der Waals surface area (Å²) in [5.41, 5.74) is 3.64. The highest BCUT2D eigenvalue weighted by molar-refractivity contribution is 7.17. The minimum atomic E-state index is 0.670. The molecule has 0 bridgehead atoms. The number of ether oxygens (including phenoxy) is 1. The first kappa shape index (κ1) is 17.9. The lowest BCUT2D eigenvalue weighted by molar-refractivity contribution is 0.342. The Hall–Kier alpha value is -2.44. The van der Waals surface area contributed by atoms with Crippen LogP contribution >= 0.6 is 22.7 Å². The average Bonchev–Trinajstić information content (AvgIpc) is 3.32. The summed E-state index contributed by atoms with van der Waals surface area (Å²) < 4.78 is 6.89. The molecule has 1 aromatic carbocycles. The molecule has 3 heterocycles. The van der Waals surface area contributed by atoms with Crippen molar-refractivity contribution in [2.75, 3.05) is 18.5 Å². The number of nitrogens with zero attached hydrogens (tertiary/aromatic N) is 2. The summed E-state index contributed by atoms with van der Waals surface area (Å²) in [6.07, 6.45) is 2.57. The number of rotatable bonds is 7. The highest BCUT2D eigenvalue weighted by atomic mass is 32.1. The van der Waals surface area contributed by atoms with Gasteiger partial charge in [-0.3, -0.25) is 0 Å². The van der Waals surface area contributed by atoms with Crippen LogP contribution in [0.5, 0.6) is 5.75 Å². The van der Waals surface area contributed by atoms with Gasteiger partial charge < -0.3 is 10.1 Å². The van der Waals surface area contributed by atoms with Crippen LogP contribution in [-0.2, 0) is 6.42 Å². The van der Waals surface area contributed by atoms with Gasteiger partial charge in [-0.05, 0) is 60.4 Å². The molecular weight excluding hydrogens is 374 g/mol. The van der Waals surface area contributed by atoms with E-state index in [1.807, 2.05) is 24.4 Å². The van der Waals surface area contributed by atoms with E-state index in [1.165, 1.54) is 21.2 Å². The second kappa shape index (κ2) is 8.06. The van der Waals surface area contributed by atoms with Crippen molar-refractivity contribution in [3.05, 3.63) is 58.5 Å². The van der Waals surface area contributed by atoms with Crippen molar-refractivity contribution < 1.29 is 4.74 Å². The average molecular weight is 396 g/mol. The summed E-state index contributed by atoms with van der Waals surface area (Å²) in [6, 6.07) is 10.8. The molecule has 4 rings (SSSR count). The molecule has 1 N–H and O–H groups in total. The SMILES string of the molecule is CCOc1csc(-c2cc(NCCc3cc4ccsc4cc3C)ncn2)c1. The highest BCUT2D eigenvalue weighted by Gasteiger charge is 2.07. The van der Waals surface area contributed by atoms with E-state index in [2.05, 4.69) is 45.8 Å².